The molecular weight excluding hydrogens is 633 g/mol. The lowest BCUT2D eigenvalue weighted by molar-refractivity contribution is 1.15. The zero-order valence-electron chi connectivity index (χ0n) is 28.1. The minimum Gasteiger partial charge on any atom is -0.307 e. The van der Waals surface area contributed by atoms with Gasteiger partial charge in [0.1, 0.15) is 0 Å². The first kappa shape index (κ1) is 28.8. The van der Waals surface area contributed by atoms with Gasteiger partial charge in [0.15, 0.2) is 0 Å². The lowest BCUT2D eigenvalue weighted by Gasteiger charge is -2.15. The van der Waals surface area contributed by atoms with E-state index in [4.69, 9.17) is 9.97 Å². The lowest BCUT2D eigenvalue weighted by atomic mass is 9.96. The standard InChI is InChI=1S/C48H30N4/c1-2-14-33(15-3-1)52-46-39-20-7-5-17-36(39)35-16-4-6-19-38(35)45(46)41-25-24-40-37-18-8-9-23-44(37)51(47(40)48(41)52)34-29-31(42-21-10-12-26-49-42)28-32(30-34)43-22-11-13-27-50-43/h1-30H. The summed E-state index contributed by atoms with van der Waals surface area (Å²) < 4.78 is 4.98. The number of nitrogens with zero attached hydrogens (tertiary/aromatic N) is 4. The van der Waals surface area contributed by atoms with Gasteiger partial charge in [-0.15, -0.1) is 0 Å². The number of fused-ring (bicyclic) bond motifs is 12. The van der Waals surface area contributed by atoms with Crippen LogP contribution in [0.25, 0.3) is 99.0 Å². The molecule has 0 N–H and O–H groups in total. The Morgan fingerprint density at radius 2 is 0.846 bits per heavy atom. The third-order valence-electron chi connectivity index (χ3n) is 10.5. The summed E-state index contributed by atoms with van der Waals surface area (Å²) in [6.45, 7) is 0. The smallest absolute Gasteiger partial charge is 0.0789 e. The molecule has 7 aromatic carbocycles. The molecule has 0 aliphatic rings. The molecule has 0 bridgehead atoms. The number of rotatable bonds is 4. The second-order valence-corrected chi connectivity index (χ2v) is 13.4. The molecule has 4 nitrogen and oxygen atoms in total. The largest absolute Gasteiger partial charge is 0.307 e. The van der Waals surface area contributed by atoms with E-state index in [1.807, 2.05) is 36.7 Å². The molecule has 4 aromatic heterocycles. The SMILES string of the molecule is c1ccc(-n2c3c4ccccc4c4ccccc4c3c3ccc4c5ccccc5n(-c5cc(-c6ccccn6)cc(-c6ccccn6)c5)c4c32)cc1. The molecule has 0 saturated heterocycles. The van der Waals surface area contributed by atoms with Crippen LogP contribution in [0.15, 0.2) is 182 Å². The number of aromatic nitrogens is 4. The van der Waals surface area contributed by atoms with E-state index in [2.05, 4.69) is 155 Å². The van der Waals surface area contributed by atoms with Crippen molar-refractivity contribution < 1.29 is 0 Å². The van der Waals surface area contributed by atoms with Crippen LogP contribution in [0.1, 0.15) is 0 Å². The fourth-order valence-electron chi connectivity index (χ4n) is 8.41. The Balaban J connectivity index is 1.39. The maximum absolute atomic E-state index is 4.79. The summed E-state index contributed by atoms with van der Waals surface area (Å²) in [4.78, 5) is 9.58. The van der Waals surface area contributed by atoms with Crippen LogP contribution in [0.3, 0.4) is 0 Å². The molecular formula is C48H30N4. The first-order chi connectivity index (χ1) is 25.8. The number of para-hydroxylation sites is 2. The van der Waals surface area contributed by atoms with Gasteiger partial charge in [-0.25, -0.2) is 0 Å². The van der Waals surface area contributed by atoms with Gasteiger partial charge in [0.25, 0.3) is 0 Å². The number of hydrogen-bond acceptors (Lipinski definition) is 2. The lowest BCUT2D eigenvalue weighted by Crippen LogP contribution is -2.00. The van der Waals surface area contributed by atoms with Gasteiger partial charge in [0.2, 0.25) is 0 Å². The molecule has 0 spiro atoms. The van der Waals surface area contributed by atoms with Crippen molar-refractivity contribution in [2.45, 2.75) is 0 Å². The minimum absolute atomic E-state index is 0.920. The fourth-order valence-corrected chi connectivity index (χ4v) is 8.41. The molecule has 0 amide bonds. The van der Waals surface area contributed by atoms with E-state index >= 15 is 0 Å². The van der Waals surface area contributed by atoms with E-state index in [-0.39, 0.29) is 0 Å². The first-order valence-corrected chi connectivity index (χ1v) is 17.7. The van der Waals surface area contributed by atoms with E-state index in [0.717, 1.165) is 44.9 Å². The summed E-state index contributed by atoms with van der Waals surface area (Å²) in [5.41, 5.74) is 10.8. The average molecular weight is 663 g/mol. The zero-order chi connectivity index (χ0) is 34.2. The molecule has 4 heterocycles. The summed E-state index contributed by atoms with van der Waals surface area (Å²) >= 11 is 0. The van der Waals surface area contributed by atoms with Crippen molar-refractivity contribution in [1.82, 2.24) is 19.1 Å². The fraction of sp³-hybridized carbons (Fsp3) is 0. The van der Waals surface area contributed by atoms with Gasteiger partial charge in [-0.1, -0.05) is 109 Å². The van der Waals surface area contributed by atoms with E-state index in [1.54, 1.807) is 0 Å². The van der Waals surface area contributed by atoms with Crippen molar-refractivity contribution in [3.8, 4) is 33.9 Å². The van der Waals surface area contributed by atoms with Gasteiger partial charge in [0.05, 0.1) is 33.5 Å². The van der Waals surface area contributed by atoms with Gasteiger partial charge in [-0.05, 0) is 76.8 Å². The Bertz CT molecular complexity index is 3100. The number of hydrogen-bond donors (Lipinski definition) is 0. The highest BCUT2D eigenvalue weighted by molar-refractivity contribution is 6.35. The molecule has 0 radical (unpaired) electrons. The van der Waals surface area contributed by atoms with Crippen LogP contribution in [0.2, 0.25) is 0 Å². The van der Waals surface area contributed by atoms with Crippen LogP contribution in [0, 0.1) is 0 Å². The van der Waals surface area contributed by atoms with Gasteiger partial charge < -0.3 is 9.13 Å². The highest BCUT2D eigenvalue weighted by Gasteiger charge is 2.24. The molecule has 11 rings (SSSR count). The zero-order valence-corrected chi connectivity index (χ0v) is 28.1. The Morgan fingerprint density at radius 1 is 0.327 bits per heavy atom. The molecule has 52 heavy (non-hydrogen) atoms. The van der Waals surface area contributed by atoms with E-state index in [1.165, 1.54) is 54.1 Å². The van der Waals surface area contributed by atoms with Crippen molar-refractivity contribution in [1.29, 1.82) is 0 Å². The van der Waals surface area contributed by atoms with Gasteiger partial charge in [-0.3, -0.25) is 9.97 Å². The summed E-state index contributed by atoms with van der Waals surface area (Å²) in [5, 5.41) is 9.92. The van der Waals surface area contributed by atoms with Crippen LogP contribution in [0.5, 0.6) is 0 Å². The van der Waals surface area contributed by atoms with E-state index in [9.17, 15) is 0 Å². The van der Waals surface area contributed by atoms with Gasteiger partial charge in [0, 0.05) is 61.8 Å². The molecule has 0 atom stereocenters. The van der Waals surface area contributed by atoms with Crippen molar-refractivity contribution >= 4 is 65.2 Å². The number of pyridine rings is 2. The summed E-state index contributed by atoms with van der Waals surface area (Å²) in [6.07, 6.45) is 3.72. The van der Waals surface area contributed by atoms with Crippen LogP contribution in [-0.4, -0.2) is 19.1 Å². The van der Waals surface area contributed by atoms with E-state index in [0.29, 0.717) is 0 Å². The van der Waals surface area contributed by atoms with Gasteiger partial charge in [-0.2, -0.15) is 0 Å². The highest BCUT2D eigenvalue weighted by atomic mass is 15.0. The van der Waals surface area contributed by atoms with Crippen molar-refractivity contribution in [3.63, 3.8) is 0 Å². The Labute approximate surface area is 299 Å². The van der Waals surface area contributed by atoms with Crippen LogP contribution in [-0.2, 0) is 0 Å². The van der Waals surface area contributed by atoms with Crippen molar-refractivity contribution in [3.05, 3.63) is 182 Å². The van der Waals surface area contributed by atoms with Crippen molar-refractivity contribution in [2.75, 3.05) is 0 Å². The Morgan fingerprint density at radius 3 is 1.52 bits per heavy atom. The molecule has 0 unspecified atom stereocenters. The van der Waals surface area contributed by atoms with Crippen LogP contribution >= 0.6 is 0 Å². The predicted molar refractivity (Wildman–Crippen MR) is 217 cm³/mol. The molecule has 11 aromatic rings. The quantitative estimate of drug-likeness (QED) is 0.176. The topological polar surface area (TPSA) is 35.6 Å². The second kappa shape index (κ2) is 11.2. The Kier molecular flexibility index (Phi) is 6.22. The second-order valence-electron chi connectivity index (χ2n) is 13.4. The van der Waals surface area contributed by atoms with Crippen LogP contribution in [0.4, 0.5) is 0 Å². The van der Waals surface area contributed by atoms with E-state index < -0.39 is 0 Å². The molecule has 0 aliphatic heterocycles. The molecule has 0 saturated carbocycles. The third-order valence-corrected chi connectivity index (χ3v) is 10.5. The maximum atomic E-state index is 4.79. The maximum Gasteiger partial charge on any atom is 0.0789 e. The molecule has 242 valence electrons. The average Bonchev–Trinajstić information content (AvgIpc) is 3.76. The Hall–Kier alpha value is -7.04. The van der Waals surface area contributed by atoms with Crippen molar-refractivity contribution in [2.24, 2.45) is 0 Å². The molecule has 4 heteroatoms. The normalized spacial score (nSPS) is 11.8. The molecule has 0 aliphatic carbocycles. The summed E-state index contributed by atoms with van der Waals surface area (Å²) in [7, 11) is 0. The minimum atomic E-state index is 0.920. The monoisotopic (exact) mass is 662 g/mol. The highest BCUT2D eigenvalue weighted by Crippen LogP contribution is 2.46. The first-order valence-electron chi connectivity index (χ1n) is 17.7. The van der Waals surface area contributed by atoms with Crippen LogP contribution < -0.4 is 0 Å². The predicted octanol–water partition coefficient (Wildman–Crippen LogP) is 12.3. The summed E-state index contributed by atoms with van der Waals surface area (Å²) in [6, 6.07) is 61.0. The number of benzene rings is 7. The van der Waals surface area contributed by atoms with Gasteiger partial charge >= 0.3 is 0 Å². The third kappa shape index (κ3) is 4.15. The molecule has 0 fully saturated rings. The summed E-state index contributed by atoms with van der Waals surface area (Å²) in [5.74, 6) is 0.